The summed E-state index contributed by atoms with van der Waals surface area (Å²) in [6, 6.07) is 3.36. The zero-order valence-electron chi connectivity index (χ0n) is 10.6. The zero-order valence-corrected chi connectivity index (χ0v) is 10.6. The van der Waals surface area contributed by atoms with E-state index in [9.17, 15) is 8.78 Å². The highest BCUT2D eigenvalue weighted by Gasteiger charge is 2.12. The van der Waals surface area contributed by atoms with Gasteiger partial charge in [0.15, 0.2) is 5.82 Å². The Morgan fingerprint density at radius 1 is 1.25 bits per heavy atom. The largest absolute Gasteiger partial charge is 0.370 e. The molecule has 0 fully saturated rings. The molecule has 102 valence electrons. The Morgan fingerprint density at radius 3 is 2.90 bits per heavy atom. The van der Waals surface area contributed by atoms with Crippen molar-refractivity contribution in [3.05, 3.63) is 53.6 Å². The summed E-state index contributed by atoms with van der Waals surface area (Å²) in [4.78, 5) is 4.11. The molecule has 2 heterocycles. The zero-order chi connectivity index (χ0) is 14.1. The molecule has 0 radical (unpaired) electrons. The van der Waals surface area contributed by atoms with Crippen molar-refractivity contribution >= 4 is 11.5 Å². The van der Waals surface area contributed by atoms with Gasteiger partial charge < -0.3 is 5.32 Å². The molecule has 3 aromatic rings. The first kappa shape index (κ1) is 12.5. The molecule has 0 amide bonds. The third-order valence-corrected chi connectivity index (χ3v) is 2.99. The number of aromatic nitrogens is 4. The lowest BCUT2D eigenvalue weighted by Gasteiger charge is -2.04. The highest BCUT2D eigenvalue weighted by atomic mass is 19.1. The van der Waals surface area contributed by atoms with Gasteiger partial charge in [0.1, 0.15) is 17.5 Å². The van der Waals surface area contributed by atoms with E-state index in [1.54, 1.807) is 23.8 Å². The van der Waals surface area contributed by atoms with Gasteiger partial charge in [0.2, 0.25) is 5.65 Å². The molecule has 0 atom stereocenters. The molecule has 7 heteroatoms. The molecule has 1 aromatic carbocycles. The fraction of sp³-hybridized carbons (Fsp3) is 0.154. The van der Waals surface area contributed by atoms with Crippen LogP contribution in [-0.2, 0) is 6.42 Å². The predicted octanol–water partition coefficient (Wildman–Crippen LogP) is 2.04. The van der Waals surface area contributed by atoms with Crippen LogP contribution in [0, 0.1) is 11.6 Å². The molecule has 3 rings (SSSR count). The maximum absolute atomic E-state index is 13.7. The lowest BCUT2D eigenvalue weighted by molar-refractivity contribution is 0.587. The van der Waals surface area contributed by atoms with Gasteiger partial charge in [0.25, 0.3) is 0 Å². The smallest absolute Gasteiger partial charge is 0.203 e. The first-order chi connectivity index (χ1) is 9.69. The lowest BCUT2D eigenvalue weighted by atomic mass is 10.1. The summed E-state index contributed by atoms with van der Waals surface area (Å²) in [6.45, 7) is 0. The predicted molar refractivity (Wildman–Crippen MR) is 69.5 cm³/mol. The van der Waals surface area contributed by atoms with Crippen molar-refractivity contribution in [3.8, 4) is 0 Å². The Hall–Kier alpha value is -2.57. The van der Waals surface area contributed by atoms with E-state index in [1.807, 2.05) is 0 Å². The number of anilines is 1. The van der Waals surface area contributed by atoms with Crippen LogP contribution in [0.25, 0.3) is 5.65 Å². The molecule has 0 aliphatic heterocycles. The Morgan fingerprint density at radius 2 is 2.10 bits per heavy atom. The average molecular weight is 275 g/mol. The van der Waals surface area contributed by atoms with E-state index in [1.165, 1.54) is 0 Å². The van der Waals surface area contributed by atoms with Gasteiger partial charge in [-0.15, -0.1) is 10.2 Å². The van der Waals surface area contributed by atoms with E-state index in [-0.39, 0.29) is 12.0 Å². The van der Waals surface area contributed by atoms with Gasteiger partial charge in [-0.2, -0.15) is 0 Å². The van der Waals surface area contributed by atoms with Crippen LogP contribution in [0.2, 0.25) is 0 Å². The highest BCUT2D eigenvalue weighted by molar-refractivity contribution is 5.61. The van der Waals surface area contributed by atoms with Crippen molar-refractivity contribution in [3.63, 3.8) is 0 Å². The van der Waals surface area contributed by atoms with Crippen molar-refractivity contribution in [1.82, 2.24) is 19.6 Å². The van der Waals surface area contributed by atoms with E-state index in [0.29, 0.717) is 17.3 Å². The minimum absolute atomic E-state index is 0.151. The number of nitrogens with one attached hydrogen (secondary N) is 1. The summed E-state index contributed by atoms with van der Waals surface area (Å²) in [6.07, 6.45) is 3.42. The number of hydrogen-bond acceptors (Lipinski definition) is 4. The van der Waals surface area contributed by atoms with Crippen LogP contribution >= 0.6 is 0 Å². The maximum atomic E-state index is 13.7. The normalized spacial score (nSPS) is 10.9. The molecular weight excluding hydrogens is 264 g/mol. The number of fused-ring (bicyclic) bond motifs is 1. The summed E-state index contributed by atoms with van der Waals surface area (Å²) < 4.78 is 28.5. The summed E-state index contributed by atoms with van der Waals surface area (Å²) in [5.74, 6) is 0.146. The number of benzene rings is 1. The Labute approximate surface area is 113 Å². The van der Waals surface area contributed by atoms with E-state index in [4.69, 9.17) is 0 Å². The van der Waals surface area contributed by atoms with Crippen LogP contribution in [0.5, 0.6) is 0 Å². The topological polar surface area (TPSA) is 55.1 Å². The van der Waals surface area contributed by atoms with Crippen molar-refractivity contribution in [2.75, 3.05) is 12.4 Å². The lowest BCUT2D eigenvalue weighted by Crippen LogP contribution is -2.01. The minimum atomic E-state index is -0.479. The van der Waals surface area contributed by atoms with Crippen LogP contribution in [0.3, 0.4) is 0 Å². The standard InChI is InChI=1S/C13H11F2N5/c1-16-12-13-19-18-11(20(13)5-4-17-12)7-8-6-9(14)2-3-10(8)15/h2-6H,7H2,1H3,(H,16,17). The van der Waals surface area contributed by atoms with Crippen molar-refractivity contribution in [1.29, 1.82) is 0 Å². The van der Waals surface area contributed by atoms with Gasteiger partial charge in [-0.25, -0.2) is 13.8 Å². The van der Waals surface area contributed by atoms with Crippen LogP contribution in [0.1, 0.15) is 11.4 Å². The maximum Gasteiger partial charge on any atom is 0.203 e. The fourth-order valence-electron chi connectivity index (χ4n) is 2.02. The van der Waals surface area contributed by atoms with Crippen LogP contribution in [0.4, 0.5) is 14.6 Å². The monoisotopic (exact) mass is 275 g/mol. The molecule has 0 saturated heterocycles. The second-order valence-electron chi connectivity index (χ2n) is 4.25. The van der Waals surface area contributed by atoms with Crippen LogP contribution < -0.4 is 5.32 Å². The van der Waals surface area contributed by atoms with E-state index < -0.39 is 11.6 Å². The second-order valence-corrected chi connectivity index (χ2v) is 4.25. The number of nitrogens with zero attached hydrogens (tertiary/aromatic N) is 4. The summed E-state index contributed by atoms with van der Waals surface area (Å²) in [7, 11) is 1.73. The Bertz CT molecular complexity index is 769. The summed E-state index contributed by atoms with van der Waals surface area (Å²) in [5, 5.41) is 10.9. The Kier molecular flexibility index (Phi) is 3.02. The fourth-order valence-corrected chi connectivity index (χ4v) is 2.02. The van der Waals surface area contributed by atoms with Gasteiger partial charge in [0.05, 0.1) is 0 Å². The first-order valence-corrected chi connectivity index (χ1v) is 5.99. The van der Waals surface area contributed by atoms with E-state index >= 15 is 0 Å². The second kappa shape index (κ2) is 4.84. The summed E-state index contributed by atoms with van der Waals surface area (Å²) >= 11 is 0. The van der Waals surface area contributed by atoms with Crippen LogP contribution in [0.15, 0.2) is 30.6 Å². The van der Waals surface area contributed by atoms with Gasteiger partial charge in [-0.1, -0.05) is 0 Å². The van der Waals surface area contributed by atoms with Crippen molar-refractivity contribution < 1.29 is 8.78 Å². The third-order valence-electron chi connectivity index (χ3n) is 2.99. The molecule has 0 unspecified atom stereocenters. The molecule has 0 aliphatic carbocycles. The molecule has 0 bridgehead atoms. The van der Waals surface area contributed by atoms with Gasteiger partial charge >= 0.3 is 0 Å². The molecular formula is C13H11F2N5. The number of hydrogen-bond donors (Lipinski definition) is 1. The quantitative estimate of drug-likeness (QED) is 0.794. The van der Waals surface area contributed by atoms with Gasteiger partial charge in [-0.05, 0) is 23.8 Å². The van der Waals surface area contributed by atoms with Crippen LogP contribution in [-0.4, -0.2) is 26.6 Å². The van der Waals surface area contributed by atoms with Gasteiger partial charge in [0, 0.05) is 25.9 Å². The third kappa shape index (κ3) is 2.07. The molecule has 0 spiro atoms. The molecule has 2 aromatic heterocycles. The van der Waals surface area contributed by atoms with E-state index in [0.717, 1.165) is 18.2 Å². The average Bonchev–Trinajstić information content (AvgIpc) is 2.86. The van der Waals surface area contributed by atoms with E-state index in [2.05, 4.69) is 20.5 Å². The molecule has 5 nitrogen and oxygen atoms in total. The molecule has 1 N–H and O–H groups in total. The van der Waals surface area contributed by atoms with Crippen molar-refractivity contribution in [2.24, 2.45) is 0 Å². The Balaban J connectivity index is 2.05. The summed E-state index contributed by atoms with van der Waals surface area (Å²) in [5.41, 5.74) is 0.781. The molecule has 0 aliphatic rings. The SMILES string of the molecule is CNc1nccn2c(Cc3cc(F)ccc3F)nnc12. The first-order valence-electron chi connectivity index (χ1n) is 5.99. The number of halogens is 2. The van der Waals surface area contributed by atoms with Gasteiger partial charge in [-0.3, -0.25) is 4.40 Å². The van der Waals surface area contributed by atoms with Crippen molar-refractivity contribution in [2.45, 2.75) is 6.42 Å². The molecule has 20 heavy (non-hydrogen) atoms. The minimum Gasteiger partial charge on any atom is -0.370 e. The molecule has 0 saturated carbocycles. The number of rotatable bonds is 3. The highest BCUT2D eigenvalue weighted by Crippen LogP contribution is 2.17.